The van der Waals surface area contributed by atoms with E-state index in [1.807, 2.05) is 19.1 Å². The highest BCUT2D eigenvalue weighted by Gasteiger charge is 2.14. The molecule has 0 aromatic carbocycles. The Morgan fingerprint density at radius 3 is 2.70 bits per heavy atom. The van der Waals surface area contributed by atoms with Gasteiger partial charge in [-0.1, -0.05) is 0 Å². The van der Waals surface area contributed by atoms with Gasteiger partial charge in [0.2, 0.25) is 0 Å². The van der Waals surface area contributed by atoms with Crippen LogP contribution in [0, 0.1) is 6.92 Å². The van der Waals surface area contributed by atoms with Crippen molar-refractivity contribution >= 4 is 17.4 Å². The Kier molecular flexibility index (Phi) is 3.37. The van der Waals surface area contributed by atoms with Gasteiger partial charge in [-0.25, -0.2) is 4.98 Å². The summed E-state index contributed by atoms with van der Waals surface area (Å²) in [5.41, 5.74) is 2.00. The largest absolute Gasteiger partial charge is 0.357 e. The van der Waals surface area contributed by atoms with Crippen LogP contribution in [0.3, 0.4) is 0 Å². The minimum absolute atomic E-state index is 0.174. The van der Waals surface area contributed by atoms with Crippen LogP contribution in [0.2, 0.25) is 0 Å². The van der Waals surface area contributed by atoms with Crippen molar-refractivity contribution in [3.05, 3.63) is 35.8 Å². The summed E-state index contributed by atoms with van der Waals surface area (Å²) in [5, 5.41) is 9.41. The number of anilines is 2. The molecule has 2 aromatic rings. The lowest BCUT2D eigenvalue weighted by Crippen LogP contribution is -2.19. The lowest BCUT2D eigenvalue weighted by molar-refractivity contribution is 0.102. The van der Waals surface area contributed by atoms with Gasteiger partial charge in [0.15, 0.2) is 0 Å². The molecule has 0 radical (unpaired) electrons. The Labute approximate surface area is 117 Å². The number of carbonyl (C=O) groups excluding carboxylic acids is 1. The van der Waals surface area contributed by atoms with Crippen LogP contribution in [-0.2, 0) is 0 Å². The lowest BCUT2D eigenvalue weighted by Gasteiger charge is -2.16. The van der Waals surface area contributed by atoms with Crippen molar-refractivity contribution in [3.63, 3.8) is 0 Å². The highest BCUT2D eigenvalue weighted by molar-refractivity contribution is 6.04. The van der Waals surface area contributed by atoms with Crippen LogP contribution in [-0.4, -0.2) is 34.2 Å². The van der Waals surface area contributed by atoms with Gasteiger partial charge in [-0.15, -0.1) is 0 Å². The van der Waals surface area contributed by atoms with Crippen molar-refractivity contribution in [1.82, 2.24) is 15.2 Å². The molecule has 0 aliphatic carbocycles. The van der Waals surface area contributed by atoms with Crippen LogP contribution in [0.15, 0.2) is 24.5 Å². The second kappa shape index (κ2) is 5.32. The van der Waals surface area contributed by atoms with Crippen LogP contribution < -0.4 is 10.2 Å². The van der Waals surface area contributed by atoms with Crippen LogP contribution in [0.25, 0.3) is 0 Å². The average molecular weight is 271 g/mol. The van der Waals surface area contributed by atoms with Crippen LogP contribution >= 0.6 is 0 Å². The Bertz CT molecular complexity index is 598. The first kappa shape index (κ1) is 12.7. The fourth-order valence-corrected chi connectivity index (χ4v) is 2.37. The molecule has 0 unspecified atom stereocenters. The summed E-state index contributed by atoms with van der Waals surface area (Å²) in [4.78, 5) is 18.7. The molecule has 20 heavy (non-hydrogen) atoms. The molecule has 6 nitrogen and oxygen atoms in total. The standard InChI is InChI=1S/C14H17N5O/c1-10-12(9-16-18-10)14(20)17-11-4-5-13(15-8-11)19-6-2-3-7-19/h4-5,8-9H,2-3,6-7H2,1H3,(H,16,18)(H,17,20). The number of amides is 1. The topological polar surface area (TPSA) is 73.9 Å². The molecule has 0 spiro atoms. The van der Waals surface area contributed by atoms with Crippen molar-refractivity contribution in [2.24, 2.45) is 0 Å². The third-order valence-electron chi connectivity index (χ3n) is 3.51. The number of rotatable bonds is 3. The molecule has 3 rings (SSSR count). The smallest absolute Gasteiger partial charge is 0.259 e. The predicted molar refractivity (Wildman–Crippen MR) is 77.0 cm³/mol. The van der Waals surface area contributed by atoms with Gasteiger partial charge in [-0.05, 0) is 31.9 Å². The summed E-state index contributed by atoms with van der Waals surface area (Å²) in [5.74, 6) is 0.798. The van der Waals surface area contributed by atoms with Gasteiger partial charge < -0.3 is 10.2 Å². The van der Waals surface area contributed by atoms with Gasteiger partial charge in [0.1, 0.15) is 5.82 Å². The summed E-state index contributed by atoms with van der Waals surface area (Å²) in [6.45, 7) is 3.94. The summed E-state index contributed by atoms with van der Waals surface area (Å²) >= 11 is 0. The molecular weight excluding hydrogens is 254 g/mol. The van der Waals surface area contributed by atoms with Crippen molar-refractivity contribution in [2.75, 3.05) is 23.3 Å². The Balaban J connectivity index is 1.69. The molecule has 1 aliphatic rings. The Morgan fingerprint density at radius 1 is 1.30 bits per heavy atom. The highest BCUT2D eigenvalue weighted by atomic mass is 16.1. The molecule has 6 heteroatoms. The zero-order valence-electron chi connectivity index (χ0n) is 11.4. The van der Waals surface area contributed by atoms with E-state index in [9.17, 15) is 4.79 Å². The minimum atomic E-state index is -0.174. The molecule has 1 aliphatic heterocycles. The third kappa shape index (κ3) is 2.49. The van der Waals surface area contributed by atoms with E-state index < -0.39 is 0 Å². The van der Waals surface area contributed by atoms with E-state index in [1.54, 1.807) is 6.20 Å². The SMILES string of the molecule is Cc1[nH]ncc1C(=O)Nc1ccc(N2CCCC2)nc1. The second-order valence-electron chi connectivity index (χ2n) is 4.96. The van der Waals surface area contributed by atoms with Crippen molar-refractivity contribution in [3.8, 4) is 0 Å². The molecule has 2 aromatic heterocycles. The fourth-order valence-electron chi connectivity index (χ4n) is 2.37. The molecule has 1 amide bonds. The molecule has 1 fully saturated rings. The molecule has 1 saturated heterocycles. The first-order valence-corrected chi connectivity index (χ1v) is 6.76. The number of aromatic nitrogens is 3. The summed E-state index contributed by atoms with van der Waals surface area (Å²) in [6.07, 6.45) is 5.66. The first-order chi connectivity index (χ1) is 9.74. The minimum Gasteiger partial charge on any atom is -0.357 e. The third-order valence-corrected chi connectivity index (χ3v) is 3.51. The van der Waals surface area contributed by atoms with Gasteiger partial charge in [-0.3, -0.25) is 9.89 Å². The molecule has 0 saturated carbocycles. The molecule has 0 atom stereocenters. The summed E-state index contributed by atoms with van der Waals surface area (Å²) < 4.78 is 0. The van der Waals surface area contributed by atoms with Crippen molar-refractivity contribution in [2.45, 2.75) is 19.8 Å². The number of nitrogens with one attached hydrogen (secondary N) is 2. The maximum Gasteiger partial charge on any atom is 0.259 e. The fraction of sp³-hybridized carbons (Fsp3) is 0.357. The van der Waals surface area contributed by atoms with E-state index in [-0.39, 0.29) is 5.91 Å². The predicted octanol–water partition coefficient (Wildman–Crippen LogP) is 1.97. The number of aryl methyl sites for hydroxylation is 1. The Hall–Kier alpha value is -2.37. The summed E-state index contributed by atoms with van der Waals surface area (Å²) in [6, 6.07) is 3.83. The van der Waals surface area contributed by atoms with E-state index in [0.717, 1.165) is 24.6 Å². The maximum absolute atomic E-state index is 12.0. The number of nitrogens with zero attached hydrogens (tertiary/aromatic N) is 3. The van der Waals surface area contributed by atoms with E-state index in [4.69, 9.17) is 0 Å². The van der Waals surface area contributed by atoms with Crippen molar-refractivity contribution in [1.29, 1.82) is 0 Å². The van der Waals surface area contributed by atoms with Crippen LogP contribution in [0.4, 0.5) is 11.5 Å². The molecular formula is C14H17N5O. The van der Waals surface area contributed by atoms with E-state index in [2.05, 4.69) is 25.4 Å². The van der Waals surface area contributed by atoms with Crippen LogP contribution in [0.5, 0.6) is 0 Å². The normalized spacial score (nSPS) is 14.6. The number of aromatic amines is 1. The molecule has 0 bridgehead atoms. The highest BCUT2D eigenvalue weighted by Crippen LogP contribution is 2.19. The van der Waals surface area contributed by atoms with Gasteiger partial charge in [0, 0.05) is 18.8 Å². The quantitative estimate of drug-likeness (QED) is 0.895. The van der Waals surface area contributed by atoms with E-state index >= 15 is 0 Å². The van der Waals surface area contributed by atoms with Crippen molar-refractivity contribution < 1.29 is 4.79 Å². The van der Waals surface area contributed by atoms with Gasteiger partial charge in [0.25, 0.3) is 5.91 Å². The second-order valence-corrected chi connectivity index (χ2v) is 4.96. The van der Waals surface area contributed by atoms with E-state index in [0.29, 0.717) is 11.3 Å². The van der Waals surface area contributed by atoms with Gasteiger partial charge in [-0.2, -0.15) is 5.10 Å². The number of H-pyrrole nitrogens is 1. The number of carbonyl (C=O) groups is 1. The number of hydrogen-bond donors (Lipinski definition) is 2. The van der Waals surface area contributed by atoms with Gasteiger partial charge in [0.05, 0.1) is 23.6 Å². The van der Waals surface area contributed by atoms with Gasteiger partial charge >= 0.3 is 0 Å². The maximum atomic E-state index is 12.0. The monoisotopic (exact) mass is 271 g/mol. The zero-order valence-corrected chi connectivity index (χ0v) is 11.4. The van der Waals surface area contributed by atoms with E-state index in [1.165, 1.54) is 19.0 Å². The summed E-state index contributed by atoms with van der Waals surface area (Å²) in [7, 11) is 0. The lowest BCUT2D eigenvalue weighted by atomic mass is 10.2. The van der Waals surface area contributed by atoms with Crippen LogP contribution in [0.1, 0.15) is 28.9 Å². The molecule has 3 heterocycles. The number of hydrogen-bond acceptors (Lipinski definition) is 4. The average Bonchev–Trinajstić information content (AvgIpc) is 3.10. The molecule has 104 valence electrons. The number of pyridine rings is 1. The molecule has 2 N–H and O–H groups in total. The first-order valence-electron chi connectivity index (χ1n) is 6.76. The Morgan fingerprint density at radius 2 is 2.10 bits per heavy atom. The zero-order chi connectivity index (χ0) is 13.9.